The third-order valence-corrected chi connectivity index (χ3v) is 6.11. The van der Waals surface area contributed by atoms with Gasteiger partial charge in [0.05, 0.1) is 32.8 Å². The zero-order valence-corrected chi connectivity index (χ0v) is 17.9. The van der Waals surface area contributed by atoms with Gasteiger partial charge in [-0.3, -0.25) is 23.7 Å². The predicted molar refractivity (Wildman–Crippen MR) is 127 cm³/mol. The molecule has 0 aliphatic rings. The average molecular weight is 453 g/mol. The first-order valence-electron chi connectivity index (χ1n) is 10.3. The van der Waals surface area contributed by atoms with Gasteiger partial charge in [-0.1, -0.05) is 6.07 Å². The van der Waals surface area contributed by atoms with E-state index in [1.807, 2.05) is 19.1 Å². The Labute approximate surface area is 189 Å². The lowest BCUT2D eigenvalue weighted by molar-refractivity contribution is 0.474. The fraction of sp³-hybridized carbons (Fsp3) is 0.0800. The summed E-state index contributed by atoms with van der Waals surface area (Å²) in [5.41, 5.74) is 0.189. The summed E-state index contributed by atoms with van der Waals surface area (Å²) in [6, 6.07) is 12.3. The molecule has 0 spiro atoms. The molecule has 0 saturated carbocycles. The number of oxazole rings is 1. The van der Waals surface area contributed by atoms with Crippen molar-refractivity contribution in [3.8, 4) is 22.9 Å². The number of fused-ring (bicyclic) bond motifs is 3. The fourth-order valence-corrected chi connectivity index (χ4v) is 4.32. The number of phenolic OH excluding ortho intramolecular Hbond substituents is 1. The van der Waals surface area contributed by atoms with Gasteiger partial charge in [0.15, 0.2) is 5.58 Å². The molecule has 0 aliphatic carbocycles. The number of hydrogen-bond donors (Lipinski definition) is 1. The molecule has 0 bridgehead atoms. The number of phenols is 1. The smallest absolute Gasteiger partial charge is 0.266 e. The van der Waals surface area contributed by atoms with E-state index in [0.29, 0.717) is 11.1 Å². The van der Waals surface area contributed by atoms with Gasteiger partial charge in [0.25, 0.3) is 22.2 Å². The molecule has 0 aliphatic heterocycles. The Morgan fingerprint density at radius 1 is 0.794 bits per heavy atom. The van der Waals surface area contributed by atoms with Crippen molar-refractivity contribution < 1.29 is 9.52 Å². The van der Waals surface area contributed by atoms with Crippen LogP contribution in [0.4, 0.5) is 0 Å². The highest BCUT2D eigenvalue weighted by Crippen LogP contribution is 2.33. The van der Waals surface area contributed by atoms with Crippen molar-refractivity contribution in [2.75, 3.05) is 0 Å². The maximum absolute atomic E-state index is 13.2. The number of aryl methyl sites for hydroxylation is 1. The van der Waals surface area contributed by atoms with E-state index in [9.17, 15) is 24.3 Å². The summed E-state index contributed by atoms with van der Waals surface area (Å²) in [4.78, 5) is 55.4. The van der Waals surface area contributed by atoms with Crippen LogP contribution in [0.1, 0.15) is 5.56 Å². The molecular weight excluding hydrogens is 438 g/mol. The van der Waals surface area contributed by atoms with Crippen LogP contribution in [-0.4, -0.2) is 19.2 Å². The van der Waals surface area contributed by atoms with Gasteiger partial charge in [-0.15, -0.1) is 0 Å². The third-order valence-electron chi connectivity index (χ3n) is 6.11. The van der Waals surface area contributed by atoms with Crippen LogP contribution in [0.2, 0.25) is 0 Å². The maximum atomic E-state index is 13.2. The number of nitrogens with zero attached hydrogens (tertiary/aromatic N) is 3. The van der Waals surface area contributed by atoms with E-state index in [2.05, 4.69) is 4.98 Å². The molecule has 0 saturated heterocycles. The van der Waals surface area contributed by atoms with E-state index in [-0.39, 0.29) is 44.4 Å². The second-order valence-corrected chi connectivity index (χ2v) is 8.25. The molecule has 166 valence electrons. The lowest BCUT2D eigenvalue weighted by Gasteiger charge is -2.05. The Kier molecular flexibility index (Phi) is 3.86. The second kappa shape index (κ2) is 6.61. The van der Waals surface area contributed by atoms with E-state index in [1.54, 1.807) is 6.07 Å². The first-order valence-corrected chi connectivity index (χ1v) is 10.3. The molecule has 0 amide bonds. The van der Waals surface area contributed by atoms with Gasteiger partial charge in [-0.05, 0) is 55.0 Å². The summed E-state index contributed by atoms with van der Waals surface area (Å²) in [5.74, 6) is -0.00314. The first-order chi connectivity index (χ1) is 16.2. The van der Waals surface area contributed by atoms with Crippen molar-refractivity contribution in [2.24, 2.45) is 7.05 Å². The van der Waals surface area contributed by atoms with E-state index >= 15 is 0 Å². The topological polar surface area (TPSA) is 124 Å². The molecule has 6 rings (SSSR count). The van der Waals surface area contributed by atoms with Crippen LogP contribution in [0.25, 0.3) is 49.8 Å². The lowest BCUT2D eigenvalue weighted by atomic mass is 10.1. The van der Waals surface area contributed by atoms with E-state index < -0.39 is 22.2 Å². The van der Waals surface area contributed by atoms with Crippen molar-refractivity contribution in [1.82, 2.24) is 14.1 Å². The molecule has 0 unspecified atom stereocenters. The van der Waals surface area contributed by atoms with Gasteiger partial charge in [0, 0.05) is 7.05 Å². The Bertz CT molecular complexity index is 1950. The molecule has 9 nitrogen and oxygen atoms in total. The molecule has 6 aromatic rings. The zero-order chi connectivity index (χ0) is 23.9. The molecule has 3 heterocycles. The largest absolute Gasteiger partial charge is 0.507 e. The van der Waals surface area contributed by atoms with Gasteiger partial charge in [-0.25, -0.2) is 9.55 Å². The highest BCUT2D eigenvalue weighted by atomic mass is 16.3. The maximum Gasteiger partial charge on any atom is 0.266 e. The van der Waals surface area contributed by atoms with E-state index in [4.69, 9.17) is 4.42 Å². The molecule has 9 heteroatoms. The van der Waals surface area contributed by atoms with Crippen LogP contribution in [-0.2, 0) is 7.05 Å². The number of aromatic nitrogens is 3. The summed E-state index contributed by atoms with van der Waals surface area (Å²) in [5, 5.41) is 10.7. The van der Waals surface area contributed by atoms with E-state index in [1.165, 1.54) is 37.4 Å². The van der Waals surface area contributed by atoms with Crippen LogP contribution >= 0.6 is 0 Å². The summed E-state index contributed by atoms with van der Waals surface area (Å²) in [6.07, 6.45) is 0. The molecule has 0 fully saturated rings. The summed E-state index contributed by atoms with van der Waals surface area (Å²) in [7, 11) is 1.34. The molecule has 0 radical (unpaired) electrons. The summed E-state index contributed by atoms with van der Waals surface area (Å²) >= 11 is 0. The Balaban J connectivity index is 1.60. The molecule has 1 N–H and O–H groups in total. The molecular formula is C25H15N3O6. The Morgan fingerprint density at radius 2 is 1.41 bits per heavy atom. The second-order valence-electron chi connectivity index (χ2n) is 8.25. The minimum Gasteiger partial charge on any atom is -0.507 e. The van der Waals surface area contributed by atoms with Crippen LogP contribution in [0.5, 0.6) is 5.75 Å². The van der Waals surface area contributed by atoms with Gasteiger partial charge in [0.2, 0.25) is 5.89 Å². The third kappa shape index (κ3) is 2.57. The SMILES string of the molecule is Cc1ccc2oc(-c3cc(-n4c(=O)c5cc6c(=O)n(C)c(=O)c6cc5c4=O)ccc3O)nc2c1. The van der Waals surface area contributed by atoms with Crippen molar-refractivity contribution >= 4 is 32.6 Å². The summed E-state index contributed by atoms with van der Waals surface area (Å²) in [6.45, 7) is 1.92. The number of aromatic hydroxyl groups is 1. The number of benzene rings is 3. The molecule has 34 heavy (non-hydrogen) atoms. The highest BCUT2D eigenvalue weighted by molar-refractivity contribution is 5.98. The fourth-order valence-electron chi connectivity index (χ4n) is 4.32. The Morgan fingerprint density at radius 3 is 2.06 bits per heavy atom. The predicted octanol–water partition coefficient (Wildman–Crippen LogP) is 2.26. The molecule has 0 atom stereocenters. The summed E-state index contributed by atoms with van der Waals surface area (Å²) < 4.78 is 7.66. The number of hydrogen-bond acceptors (Lipinski definition) is 7. The highest BCUT2D eigenvalue weighted by Gasteiger charge is 2.21. The molecule has 3 aromatic carbocycles. The van der Waals surface area contributed by atoms with Crippen LogP contribution in [0.3, 0.4) is 0 Å². The van der Waals surface area contributed by atoms with Gasteiger partial charge in [-0.2, -0.15) is 0 Å². The van der Waals surface area contributed by atoms with Gasteiger partial charge in [0.1, 0.15) is 11.3 Å². The minimum absolute atomic E-state index is 0.0344. The Hall–Kier alpha value is -4.79. The van der Waals surface area contributed by atoms with Crippen molar-refractivity contribution in [3.63, 3.8) is 0 Å². The van der Waals surface area contributed by atoms with Crippen LogP contribution < -0.4 is 22.2 Å². The lowest BCUT2D eigenvalue weighted by Crippen LogP contribution is -2.23. The van der Waals surface area contributed by atoms with E-state index in [0.717, 1.165) is 14.7 Å². The normalized spacial score (nSPS) is 11.8. The van der Waals surface area contributed by atoms with Gasteiger partial charge >= 0.3 is 0 Å². The zero-order valence-electron chi connectivity index (χ0n) is 17.9. The van der Waals surface area contributed by atoms with Crippen LogP contribution in [0.15, 0.2) is 72.1 Å². The minimum atomic E-state index is -0.637. The van der Waals surface area contributed by atoms with Crippen molar-refractivity contribution in [2.45, 2.75) is 6.92 Å². The standard InChI is InChI=1S/C25H15N3O6/c1-11-3-6-20-18(7-11)26-21(34-20)17-8-12(4-5-19(17)29)28-24(32)15-9-13-14(10-16(15)25(28)33)23(31)27(2)22(13)30/h3-10,29H,1-2H3. The molecule has 3 aromatic heterocycles. The first kappa shape index (κ1) is 19.9. The van der Waals surface area contributed by atoms with Gasteiger partial charge < -0.3 is 9.52 Å². The van der Waals surface area contributed by atoms with Crippen LogP contribution in [0, 0.1) is 6.92 Å². The average Bonchev–Trinajstić information content (AvgIpc) is 3.41. The van der Waals surface area contributed by atoms with Crippen molar-refractivity contribution in [3.05, 3.63) is 95.5 Å². The monoisotopic (exact) mass is 453 g/mol. The quantitative estimate of drug-likeness (QED) is 0.426. The number of rotatable bonds is 2. The van der Waals surface area contributed by atoms with Crippen molar-refractivity contribution in [1.29, 1.82) is 0 Å².